The average molecular weight is 594 g/mol. The number of amides is 2. The van der Waals surface area contributed by atoms with Gasteiger partial charge in [-0.1, -0.05) is 58.4 Å². The number of ether oxygens (including phenoxy) is 3. The number of fused-ring (bicyclic) bond motifs is 8. The molecular weight excluding hydrogens is 574 g/mol. The van der Waals surface area contributed by atoms with Crippen LogP contribution in [-0.4, -0.2) is 24.6 Å². The van der Waals surface area contributed by atoms with Crippen molar-refractivity contribution in [1.29, 1.82) is 0 Å². The van der Waals surface area contributed by atoms with Crippen molar-refractivity contribution in [3.05, 3.63) is 101 Å². The zero-order chi connectivity index (χ0) is 27.1. The van der Waals surface area contributed by atoms with Gasteiger partial charge in [0.1, 0.15) is 5.75 Å². The van der Waals surface area contributed by atoms with Crippen molar-refractivity contribution < 1.29 is 28.6 Å². The smallest absolute Gasteiger partial charge is 0.319 e. The number of allylic oxidation sites excluding steroid dienone is 1. The Labute approximate surface area is 237 Å². The highest BCUT2D eigenvalue weighted by Gasteiger charge is 2.60. The van der Waals surface area contributed by atoms with Crippen LogP contribution >= 0.6 is 15.9 Å². The summed E-state index contributed by atoms with van der Waals surface area (Å²) >= 11 is 3.42. The quantitative estimate of drug-likeness (QED) is 0.165. The molecule has 4 atom stereocenters. The molecule has 4 aromatic rings. The Kier molecular flexibility index (Phi) is 5.00. The number of halogens is 1. The molecule has 8 heteroatoms. The molecule has 0 radical (unpaired) electrons. The van der Waals surface area contributed by atoms with Crippen LogP contribution in [0.25, 0.3) is 16.3 Å². The summed E-state index contributed by atoms with van der Waals surface area (Å²) in [4.78, 5) is 43.2. The molecule has 0 saturated carbocycles. The van der Waals surface area contributed by atoms with E-state index in [-0.39, 0.29) is 12.7 Å². The maximum absolute atomic E-state index is 14.2. The number of rotatable bonds is 2. The number of carbonyl (C=O) groups is 3. The SMILES string of the molecule is O=C1Oc2ccc3ccccc3c2C2=C[C@H](c3ccc4c(c3)OCO4)[C@@H]3C(=O)N(c4ccc(Br)cc4)C(=O)[C@@H]3[C@H]12. The van der Waals surface area contributed by atoms with Gasteiger partial charge in [-0.3, -0.25) is 14.4 Å². The Balaban J connectivity index is 1.36. The van der Waals surface area contributed by atoms with Gasteiger partial charge in [0.2, 0.25) is 18.6 Å². The number of nitrogens with zero attached hydrogens (tertiary/aromatic N) is 1. The van der Waals surface area contributed by atoms with Gasteiger partial charge in [0, 0.05) is 16.0 Å². The summed E-state index contributed by atoms with van der Waals surface area (Å²) < 4.78 is 17.8. The van der Waals surface area contributed by atoms with Gasteiger partial charge in [-0.2, -0.15) is 0 Å². The fourth-order valence-corrected chi connectivity index (χ4v) is 6.89. The topological polar surface area (TPSA) is 82.1 Å². The predicted molar refractivity (Wildman–Crippen MR) is 150 cm³/mol. The number of imide groups is 1. The van der Waals surface area contributed by atoms with Crippen molar-refractivity contribution in [2.45, 2.75) is 5.92 Å². The molecular formula is C32H20BrNO6. The molecule has 1 fully saturated rings. The van der Waals surface area contributed by atoms with Crippen LogP contribution in [0.1, 0.15) is 17.0 Å². The van der Waals surface area contributed by atoms with Crippen molar-refractivity contribution in [3.8, 4) is 17.2 Å². The zero-order valence-corrected chi connectivity index (χ0v) is 22.5. The fraction of sp³-hybridized carbons (Fsp3) is 0.156. The lowest BCUT2D eigenvalue weighted by Crippen LogP contribution is -2.42. The van der Waals surface area contributed by atoms with E-state index >= 15 is 0 Å². The van der Waals surface area contributed by atoms with Gasteiger partial charge in [0.25, 0.3) is 0 Å². The lowest BCUT2D eigenvalue weighted by Gasteiger charge is -2.38. The molecule has 8 rings (SSSR count). The number of anilines is 1. The van der Waals surface area contributed by atoms with E-state index in [0.717, 1.165) is 26.4 Å². The first-order chi connectivity index (χ1) is 19.5. The Morgan fingerprint density at radius 1 is 0.775 bits per heavy atom. The summed E-state index contributed by atoms with van der Waals surface area (Å²) in [7, 11) is 0. The third-order valence-corrected chi connectivity index (χ3v) is 8.88. The maximum Gasteiger partial charge on any atom is 0.319 e. The van der Waals surface area contributed by atoms with E-state index in [1.807, 2.05) is 54.6 Å². The minimum atomic E-state index is -0.925. The number of carbonyl (C=O) groups excluding carboxylic acids is 3. The second kappa shape index (κ2) is 8.53. The van der Waals surface area contributed by atoms with Gasteiger partial charge >= 0.3 is 5.97 Å². The molecule has 4 aliphatic rings. The minimum Gasteiger partial charge on any atom is -0.454 e. The van der Waals surface area contributed by atoms with Crippen LogP contribution in [0.15, 0.2) is 89.4 Å². The summed E-state index contributed by atoms with van der Waals surface area (Å²) in [6.07, 6.45) is 1.99. The first kappa shape index (κ1) is 23.5. The van der Waals surface area contributed by atoms with E-state index in [9.17, 15) is 14.4 Å². The van der Waals surface area contributed by atoms with E-state index in [2.05, 4.69) is 15.9 Å². The van der Waals surface area contributed by atoms with Gasteiger partial charge < -0.3 is 14.2 Å². The van der Waals surface area contributed by atoms with E-state index in [0.29, 0.717) is 28.5 Å². The Bertz CT molecular complexity index is 1810. The van der Waals surface area contributed by atoms with Gasteiger partial charge in [0.15, 0.2) is 11.5 Å². The van der Waals surface area contributed by atoms with Crippen LogP contribution in [0.3, 0.4) is 0 Å². The molecule has 0 unspecified atom stereocenters. The van der Waals surface area contributed by atoms with Crippen molar-refractivity contribution in [1.82, 2.24) is 0 Å². The molecule has 40 heavy (non-hydrogen) atoms. The molecule has 0 aromatic heterocycles. The highest BCUT2D eigenvalue weighted by Crippen LogP contribution is 2.56. The van der Waals surface area contributed by atoms with Gasteiger partial charge in [-0.15, -0.1) is 0 Å². The summed E-state index contributed by atoms with van der Waals surface area (Å²) in [5.74, 6) is -2.71. The van der Waals surface area contributed by atoms with Crippen molar-refractivity contribution in [2.24, 2.45) is 17.8 Å². The molecule has 1 saturated heterocycles. The number of benzene rings is 4. The van der Waals surface area contributed by atoms with Crippen molar-refractivity contribution >= 4 is 55.7 Å². The molecule has 0 N–H and O–H groups in total. The summed E-state index contributed by atoms with van der Waals surface area (Å²) in [5, 5.41) is 1.92. The van der Waals surface area contributed by atoms with E-state index in [1.165, 1.54) is 4.90 Å². The first-order valence-electron chi connectivity index (χ1n) is 13.0. The third kappa shape index (κ3) is 3.26. The molecule has 4 aromatic carbocycles. The largest absolute Gasteiger partial charge is 0.454 e. The van der Waals surface area contributed by atoms with Gasteiger partial charge in [-0.05, 0) is 64.4 Å². The summed E-state index contributed by atoms with van der Waals surface area (Å²) in [6.45, 7) is 0.124. The lowest BCUT2D eigenvalue weighted by atomic mass is 9.64. The van der Waals surface area contributed by atoms with Gasteiger partial charge in [-0.25, -0.2) is 4.90 Å². The summed E-state index contributed by atoms with van der Waals surface area (Å²) in [5.41, 5.74) is 2.78. The van der Waals surface area contributed by atoms with Crippen LogP contribution in [0.4, 0.5) is 5.69 Å². The molecule has 2 amide bonds. The van der Waals surface area contributed by atoms with E-state index in [1.54, 1.807) is 30.3 Å². The normalized spacial score (nSPS) is 24.4. The highest BCUT2D eigenvalue weighted by molar-refractivity contribution is 9.10. The Hall–Kier alpha value is -4.43. The van der Waals surface area contributed by atoms with E-state index in [4.69, 9.17) is 14.2 Å². The number of hydrogen-bond donors (Lipinski definition) is 0. The Morgan fingerprint density at radius 3 is 2.38 bits per heavy atom. The minimum absolute atomic E-state index is 0.124. The molecule has 3 heterocycles. The zero-order valence-electron chi connectivity index (χ0n) is 20.9. The van der Waals surface area contributed by atoms with Crippen LogP contribution in [-0.2, 0) is 14.4 Å². The fourth-order valence-electron chi connectivity index (χ4n) is 6.62. The molecule has 3 aliphatic heterocycles. The van der Waals surface area contributed by atoms with Crippen LogP contribution in [0, 0.1) is 17.8 Å². The van der Waals surface area contributed by atoms with Crippen molar-refractivity contribution in [2.75, 3.05) is 11.7 Å². The molecule has 7 nitrogen and oxygen atoms in total. The van der Waals surface area contributed by atoms with Crippen LogP contribution < -0.4 is 19.1 Å². The van der Waals surface area contributed by atoms with Gasteiger partial charge in [0.05, 0.1) is 23.4 Å². The number of hydrogen-bond acceptors (Lipinski definition) is 6. The monoisotopic (exact) mass is 593 g/mol. The summed E-state index contributed by atoms with van der Waals surface area (Å²) in [6, 6.07) is 24.2. The lowest BCUT2D eigenvalue weighted by molar-refractivity contribution is -0.142. The molecule has 0 bridgehead atoms. The van der Waals surface area contributed by atoms with Crippen LogP contribution in [0.5, 0.6) is 17.2 Å². The van der Waals surface area contributed by atoms with Crippen molar-refractivity contribution in [3.63, 3.8) is 0 Å². The molecule has 0 spiro atoms. The third-order valence-electron chi connectivity index (χ3n) is 8.35. The predicted octanol–water partition coefficient (Wildman–Crippen LogP) is 5.85. The standard InChI is InChI=1S/C32H20BrNO6/c33-18-7-9-19(10-8-18)34-30(35)27-21(17-6-11-23-25(13-17)39-15-38-23)14-22-26-20-4-2-1-3-16(20)5-12-24(26)40-32(37)28(22)29(27)31(34)36/h1-14,21,27-29H,15H2/t21-,27+,28-,29+/m1/s1. The Morgan fingerprint density at radius 2 is 1.52 bits per heavy atom. The average Bonchev–Trinajstić information content (AvgIpc) is 3.54. The molecule has 196 valence electrons. The van der Waals surface area contributed by atoms with Crippen LogP contribution in [0.2, 0.25) is 0 Å². The van der Waals surface area contributed by atoms with E-state index < -0.39 is 35.5 Å². The highest BCUT2D eigenvalue weighted by atomic mass is 79.9. The maximum atomic E-state index is 14.2. The number of esters is 1. The second-order valence-corrected chi connectivity index (χ2v) is 11.3. The molecule has 1 aliphatic carbocycles. The second-order valence-electron chi connectivity index (χ2n) is 10.4. The first-order valence-corrected chi connectivity index (χ1v) is 13.8.